The van der Waals surface area contributed by atoms with Crippen LogP contribution in [-0.4, -0.2) is 30.9 Å². The summed E-state index contributed by atoms with van der Waals surface area (Å²) in [6.07, 6.45) is 13.3. The zero-order chi connectivity index (χ0) is 13.1. The molecule has 1 nitrogen and oxygen atoms in total. The lowest BCUT2D eigenvalue weighted by Crippen LogP contribution is -2.10. The zero-order valence-corrected chi connectivity index (χ0v) is 13.4. The first-order valence-electron chi connectivity index (χ1n) is 7.47. The Balaban J connectivity index is 3.19. The quantitative estimate of drug-likeness (QED) is 0.403. The van der Waals surface area contributed by atoms with Gasteiger partial charge in [-0.15, -0.1) is 0 Å². The van der Waals surface area contributed by atoms with Crippen molar-refractivity contribution in [3.63, 3.8) is 0 Å². The van der Waals surface area contributed by atoms with Gasteiger partial charge in [0, 0.05) is 13.7 Å². The van der Waals surface area contributed by atoms with Crippen LogP contribution in [0.2, 0.25) is 0 Å². The van der Waals surface area contributed by atoms with E-state index in [4.69, 9.17) is 0 Å². The molecule has 1 N–H and O–H groups in total. The Morgan fingerprint density at radius 2 is 1.18 bits per heavy atom. The molecule has 0 radical (unpaired) electrons. The molecule has 17 heavy (non-hydrogen) atoms. The van der Waals surface area contributed by atoms with Gasteiger partial charge in [-0.1, -0.05) is 58.3 Å². The van der Waals surface area contributed by atoms with Crippen molar-refractivity contribution in [3.05, 3.63) is 0 Å². The van der Waals surface area contributed by atoms with Crippen molar-refractivity contribution in [2.75, 3.05) is 20.0 Å². The van der Waals surface area contributed by atoms with Gasteiger partial charge in [0.25, 0.3) is 0 Å². The van der Waals surface area contributed by atoms with E-state index in [0.717, 1.165) is 6.42 Å². The summed E-state index contributed by atoms with van der Waals surface area (Å²) >= 11 is 0. The van der Waals surface area contributed by atoms with E-state index in [1.165, 1.54) is 57.8 Å². The molecule has 1 atom stereocenters. The molecule has 0 heterocycles. The van der Waals surface area contributed by atoms with Gasteiger partial charge in [-0.2, -0.15) is 0 Å². The fourth-order valence-electron chi connectivity index (χ4n) is 2.02. The van der Waals surface area contributed by atoms with Crippen molar-refractivity contribution in [1.29, 1.82) is 0 Å². The van der Waals surface area contributed by atoms with Crippen LogP contribution in [0.1, 0.15) is 71.1 Å². The SMILES string of the molecule is CCCCCCCCCCCC(O)[P+](C)(C)C. The predicted molar refractivity (Wildman–Crippen MR) is 82.5 cm³/mol. The first-order valence-corrected chi connectivity index (χ1v) is 10.7. The van der Waals surface area contributed by atoms with Gasteiger partial charge in [0.2, 0.25) is 0 Å². The van der Waals surface area contributed by atoms with Crippen LogP contribution in [0, 0.1) is 0 Å². The van der Waals surface area contributed by atoms with Gasteiger partial charge < -0.3 is 5.11 Å². The second kappa shape index (κ2) is 10.3. The van der Waals surface area contributed by atoms with Crippen LogP contribution < -0.4 is 0 Å². The summed E-state index contributed by atoms with van der Waals surface area (Å²) in [5, 5.41) is 9.93. The average Bonchev–Trinajstić information content (AvgIpc) is 2.25. The number of hydrogen-bond donors (Lipinski definition) is 1. The molecule has 0 aliphatic carbocycles. The van der Waals surface area contributed by atoms with Crippen molar-refractivity contribution in [3.8, 4) is 0 Å². The maximum Gasteiger partial charge on any atom is 0.163 e. The predicted octanol–water partition coefficient (Wildman–Crippen LogP) is 5.13. The molecule has 0 aliphatic rings. The van der Waals surface area contributed by atoms with Crippen LogP contribution in [0.25, 0.3) is 0 Å². The monoisotopic (exact) mass is 261 g/mol. The van der Waals surface area contributed by atoms with Crippen molar-refractivity contribution in [1.82, 2.24) is 0 Å². The molecule has 0 fully saturated rings. The summed E-state index contributed by atoms with van der Waals surface area (Å²) in [6, 6.07) is 0. The summed E-state index contributed by atoms with van der Waals surface area (Å²) in [7, 11) is -1.03. The summed E-state index contributed by atoms with van der Waals surface area (Å²) in [6.45, 7) is 8.95. The second-order valence-corrected chi connectivity index (χ2v) is 11.0. The first-order chi connectivity index (χ1) is 7.98. The lowest BCUT2D eigenvalue weighted by molar-refractivity contribution is 0.239. The van der Waals surface area contributed by atoms with Crippen LogP contribution in [0.3, 0.4) is 0 Å². The largest absolute Gasteiger partial charge is 0.359 e. The van der Waals surface area contributed by atoms with Gasteiger partial charge >= 0.3 is 0 Å². The highest BCUT2D eigenvalue weighted by atomic mass is 31.2. The Kier molecular flexibility index (Phi) is 10.6. The molecule has 0 spiro atoms. The third kappa shape index (κ3) is 11.2. The molecular weight excluding hydrogens is 227 g/mol. The molecule has 0 rings (SSSR count). The zero-order valence-electron chi connectivity index (χ0n) is 12.5. The minimum atomic E-state index is -1.03. The number of aliphatic hydroxyl groups is 1. The van der Waals surface area contributed by atoms with Crippen LogP contribution in [0.4, 0.5) is 0 Å². The summed E-state index contributed by atoms with van der Waals surface area (Å²) in [4.78, 5) is 0. The average molecular weight is 261 g/mol. The fourth-order valence-corrected chi connectivity index (χ4v) is 2.98. The smallest absolute Gasteiger partial charge is 0.163 e. The third-order valence-corrected chi connectivity index (χ3v) is 5.51. The summed E-state index contributed by atoms with van der Waals surface area (Å²) in [5.41, 5.74) is 0. The molecule has 0 aromatic carbocycles. The van der Waals surface area contributed by atoms with Gasteiger partial charge in [-0.25, -0.2) is 0 Å². The Morgan fingerprint density at radius 3 is 1.59 bits per heavy atom. The number of hydrogen-bond acceptors (Lipinski definition) is 1. The van der Waals surface area contributed by atoms with Crippen molar-refractivity contribution >= 4 is 7.26 Å². The molecule has 104 valence electrons. The standard InChI is InChI=1S/C15H34OP/c1-5-6-7-8-9-10-11-12-13-14-15(16)17(2,3)4/h15-16H,5-14H2,1-4H3/q+1. The van der Waals surface area contributed by atoms with Gasteiger partial charge in [0.05, 0.1) is 20.0 Å². The van der Waals surface area contributed by atoms with E-state index in [9.17, 15) is 5.11 Å². The minimum Gasteiger partial charge on any atom is -0.359 e. The van der Waals surface area contributed by atoms with Crippen molar-refractivity contribution in [2.24, 2.45) is 0 Å². The molecule has 0 saturated carbocycles. The van der Waals surface area contributed by atoms with Gasteiger partial charge in [-0.05, 0) is 6.42 Å². The van der Waals surface area contributed by atoms with E-state index < -0.39 is 7.26 Å². The van der Waals surface area contributed by atoms with Crippen LogP contribution >= 0.6 is 7.26 Å². The molecule has 0 aliphatic heterocycles. The van der Waals surface area contributed by atoms with E-state index in [0.29, 0.717) is 0 Å². The lowest BCUT2D eigenvalue weighted by atomic mass is 10.1. The second-order valence-electron chi connectivity index (χ2n) is 6.21. The third-order valence-electron chi connectivity index (χ3n) is 3.46. The van der Waals surface area contributed by atoms with Crippen LogP contribution in [0.5, 0.6) is 0 Å². The fraction of sp³-hybridized carbons (Fsp3) is 1.00. The van der Waals surface area contributed by atoms with Crippen molar-refractivity contribution in [2.45, 2.75) is 77.0 Å². The molecule has 0 saturated heterocycles. The Bertz CT molecular complexity index is 163. The summed E-state index contributed by atoms with van der Waals surface area (Å²) in [5.74, 6) is -0.0212. The Labute approximate surface area is 110 Å². The van der Waals surface area contributed by atoms with Gasteiger partial charge in [0.1, 0.15) is 0 Å². The molecule has 2 heteroatoms. The maximum atomic E-state index is 9.93. The molecule has 0 aromatic heterocycles. The summed E-state index contributed by atoms with van der Waals surface area (Å²) < 4.78 is 0. The molecule has 0 aromatic rings. The Morgan fingerprint density at radius 1 is 0.765 bits per heavy atom. The van der Waals surface area contributed by atoms with E-state index in [-0.39, 0.29) is 5.85 Å². The Hall–Kier alpha value is 0.390. The highest BCUT2D eigenvalue weighted by Crippen LogP contribution is 2.52. The van der Waals surface area contributed by atoms with Crippen LogP contribution in [-0.2, 0) is 0 Å². The number of rotatable bonds is 11. The van der Waals surface area contributed by atoms with E-state index in [2.05, 4.69) is 26.9 Å². The van der Waals surface area contributed by atoms with Crippen LogP contribution in [0.15, 0.2) is 0 Å². The maximum absolute atomic E-state index is 9.93. The normalized spacial score (nSPS) is 13.9. The first kappa shape index (κ1) is 17.4. The minimum absolute atomic E-state index is 0.0212. The van der Waals surface area contributed by atoms with Gasteiger partial charge in [0.15, 0.2) is 5.85 Å². The number of unbranched alkanes of at least 4 members (excludes halogenated alkanes) is 8. The number of aliphatic hydroxyl groups excluding tert-OH is 1. The lowest BCUT2D eigenvalue weighted by Gasteiger charge is -2.18. The molecular formula is C15H34OP+. The van der Waals surface area contributed by atoms with E-state index >= 15 is 0 Å². The van der Waals surface area contributed by atoms with E-state index in [1.807, 2.05) is 0 Å². The topological polar surface area (TPSA) is 20.2 Å². The molecule has 0 amide bonds. The highest BCUT2D eigenvalue weighted by Gasteiger charge is 2.27. The highest BCUT2D eigenvalue weighted by molar-refractivity contribution is 7.74. The molecule has 0 bridgehead atoms. The molecule has 1 unspecified atom stereocenters. The van der Waals surface area contributed by atoms with Gasteiger partial charge in [-0.3, -0.25) is 0 Å². The van der Waals surface area contributed by atoms with Crippen molar-refractivity contribution < 1.29 is 5.11 Å². The van der Waals surface area contributed by atoms with E-state index in [1.54, 1.807) is 0 Å².